The zero-order valence-corrected chi connectivity index (χ0v) is 12.4. The summed E-state index contributed by atoms with van der Waals surface area (Å²) in [5.41, 5.74) is 1.42. The molecular formula is C13H18N4OS. The minimum atomic E-state index is -0.145. The van der Waals surface area contributed by atoms with Crippen LogP contribution in [0.1, 0.15) is 42.0 Å². The summed E-state index contributed by atoms with van der Waals surface area (Å²) < 4.78 is 1.74. The fraction of sp³-hybridized carbons (Fsp3) is 0.462. The van der Waals surface area contributed by atoms with Crippen molar-refractivity contribution < 1.29 is 4.79 Å². The Bertz CT molecular complexity index is 579. The molecule has 2 rings (SSSR count). The maximum atomic E-state index is 12.0. The van der Waals surface area contributed by atoms with Crippen LogP contribution >= 0.6 is 11.3 Å². The number of hydrogen-bond donors (Lipinski definition) is 1. The maximum Gasteiger partial charge on any atom is 0.271 e. The normalized spacial score (nSPS) is 11.6. The monoisotopic (exact) mass is 278 g/mol. The van der Waals surface area contributed by atoms with E-state index in [-0.39, 0.29) is 11.3 Å². The van der Waals surface area contributed by atoms with Crippen LogP contribution in [0.15, 0.2) is 17.6 Å². The number of nitrogens with one attached hydrogen (secondary N) is 1. The van der Waals surface area contributed by atoms with Gasteiger partial charge < -0.3 is 5.32 Å². The molecule has 0 unspecified atom stereocenters. The lowest BCUT2D eigenvalue weighted by atomic mass is 9.98. The van der Waals surface area contributed by atoms with Gasteiger partial charge in [0, 0.05) is 24.0 Å². The van der Waals surface area contributed by atoms with Gasteiger partial charge in [-0.1, -0.05) is 20.8 Å². The van der Waals surface area contributed by atoms with Crippen molar-refractivity contribution in [3.05, 3.63) is 34.0 Å². The molecule has 1 N–H and O–H groups in total. The van der Waals surface area contributed by atoms with Crippen molar-refractivity contribution >= 4 is 17.2 Å². The van der Waals surface area contributed by atoms with Crippen LogP contribution in [0.25, 0.3) is 0 Å². The molecule has 1 amide bonds. The summed E-state index contributed by atoms with van der Waals surface area (Å²) in [6, 6.07) is 1.88. The minimum absolute atomic E-state index is 0.0226. The molecule has 19 heavy (non-hydrogen) atoms. The molecule has 0 aliphatic carbocycles. The van der Waals surface area contributed by atoms with E-state index in [4.69, 9.17) is 0 Å². The highest BCUT2D eigenvalue weighted by Crippen LogP contribution is 2.25. The van der Waals surface area contributed by atoms with Crippen molar-refractivity contribution in [2.45, 2.75) is 32.7 Å². The molecule has 0 spiro atoms. The lowest BCUT2D eigenvalue weighted by Gasteiger charge is -2.13. The summed E-state index contributed by atoms with van der Waals surface area (Å²) in [5, 5.41) is 9.68. The van der Waals surface area contributed by atoms with Crippen LogP contribution in [-0.2, 0) is 19.0 Å². The first kappa shape index (κ1) is 13.7. The third-order valence-electron chi connectivity index (χ3n) is 2.73. The average Bonchev–Trinajstić information content (AvgIpc) is 2.93. The van der Waals surface area contributed by atoms with Gasteiger partial charge in [-0.05, 0) is 6.07 Å². The second-order valence-electron chi connectivity index (χ2n) is 5.42. The van der Waals surface area contributed by atoms with E-state index in [0.29, 0.717) is 12.2 Å². The molecule has 0 fully saturated rings. The summed E-state index contributed by atoms with van der Waals surface area (Å²) in [4.78, 5) is 16.4. The fourth-order valence-corrected chi connectivity index (χ4v) is 2.45. The molecular weight excluding hydrogens is 260 g/mol. The summed E-state index contributed by atoms with van der Waals surface area (Å²) in [6.45, 7) is 6.72. The van der Waals surface area contributed by atoms with Gasteiger partial charge in [0.2, 0.25) is 0 Å². The molecule has 2 heterocycles. The molecule has 0 atom stereocenters. The standard InChI is InChI=1S/C13H18N4OS/c1-13(2,3)12-16-10(8-19-12)11(18)14-7-9-5-6-15-17(9)4/h5-6,8H,7H2,1-4H3,(H,14,18). The molecule has 0 aliphatic heterocycles. The van der Waals surface area contributed by atoms with Crippen LogP contribution in [0.3, 0.4) is 0 Å². The van der Waals surface area contributed by atoms with E-state index < -0.39 is 0 Å². The highest BCUT2D eigenvalue weighted by molar-refractivity contribution is 7.10. The zero-order valence-electron chi connectivity index (χ0n) is 11.6. The van der Waals surface area contributed by atoms with Gasteiger partial charge in [-0.2, -0.15) is 5.10 Å². The second-order valence-corrected chi connectivity index (χ2v) is 6.27. The lowest BCUT2D eigenvalue weighted by Crippen LogP contribution is -2.24. The largest absolute Gasteiger partial charge is 0.345 e. The van der Waals surface area contributed by atoms with Gasteiger partial charge in [-0.15, -0.1) is 11.3 Å². The average molecular weight is 278 g/mol. The Kier molecular flexibility index (Phi) is 3.71. The number of rotatable bonds is 3. The quantitative estimate of drug-likeness (QED) is 0.935. The van der Waals surface area contributed by atoms with Crippen LogP contribution in [0.5, 0.6) is 0 Å². The number of aryl methyl sites for hydroxylation is 1. The van der Waals surface area contributed by atoms with E-state index in [1.807, 2.05) is 13.1 Å². The van der Waals surface area contributed by atoms with Crippen LogP contribution in [-0.4, -0.2) is 20.7 Å². The molecule has 0 saturated heterocycles. The third kappa shape index (κ3) is 3.20. The van der Waals surface area contributed by atoms with Crippen LogP contribution < -0.4 is 5.32 Å². The van der Waals surface area contributed by atoms with Crippen molar-refractivity contribution in [1.29, 1.82) is 0 Å². The third-order valence-corrected chi connectivity index (χ3v) is 4.00. The number of thiazole rings is 1. The predicted octanol–water partition coefficient (Wildman–Crippen LogP) is 2.10. The van der Waals surface area contributed by atoms with Crippen molar-refractivity contribution in [2.24, 2.45) is 7.05 Å². The van der Waals surface area contributed by atoms with Gasteiger partial charge in [0.1, 0.15) is 5.69 Å². The highest BCUT2D eigenvalue weighted by Gasteiger charge is 2.20. The molecule has 2 aromatic heterocycles. The van der Waals surface area contributed by atoms with Crippen LogP contribution in [0, 0.1) is 0 Å². The summed E-state index contributed by atoms with van der Waals surface area (Å²) in [6.07, 6.45) is 1.71. The van der Waals surface area contributed by atoms with Crippen LogP contribution in [0.4, 0.5) is 0 Å². The molecule has 0 bridgehead atoms. The van der Waals surface area contributed by atoms with Gasteiger partial charge >= 0.3 is 0 Å². The van der Waals surface area contributed by atoms with Gasteiger partial charge in [0.15, 0.2) is 0 Å². The maximum absolute atomic E-state index is 12.0. The Morgan fingerprint density at radius 2 is 2.21 bits per heavy atom. The summed E-state index contributed by atoms with van der Waals surface area (Å²) >= 11 is 1.52. The highest BCUT2D eigenvalue weighted by atomic mass is 32.1. The topological polar surface area (TPSA) is 59.8 Å². The molecule has 102 valence electrons. The first-order valence-corrected chi connectivity index (χ1v) is 6.97. The molecule has 0 aliphatic rings. The van der Waals surface area contributed by atoms with Crippen molar-refractivity contribution in [1.82, 2.24) is 20.1 Å². The number of amides is 1. The van der Waals surface area contributed by atoms with E-state index in [0.717, 1.165) is 10.7 Å². The van der Waals surface area contributed by atoms with Gasteiger partial charge in [-0.25, -0.2) is 4.98 Å². The number of carbonyl (C=O) groups excluding carboxylic acids is 1. The molecule has 0 radical (unpaired) electrons. The van der Waals surface area contributed by atoms with Crippen molar-refractivity contribution in [2.75, 3.05) is 0 Å². The first-order valence-electron chi connectivity index (χ1n) is 6.09. The number of nitrogens with zero attached hydrogens (tertiary/aromatic N) is 3. The second kappa shape index (κ2) is 5.13. The van der Waals surface area contributed by atoms with Crippen molar-refractivity contribution in [3.63, 3.8) is 0 Å². The number of aromatic nitrogens is 3. The van der Waals surface area contributed by atoms with E-state index >= 15 is 0 Å². The van der Waals surface area contributed by atoms with Gasteiger partial charge in [0.25, 0.3) is 5.91 Å². The van der Waals surface area contributed by atoms with E-state index in [1.54, 1.807) is 16.3 Å². The number of hydrogen-bond acceptors (Lipinski definition) is 4. The molecule has 6 heteroatoms. The zero-order chi connectivity index (χ0) is 14.0. The summed E-state index contributed by atoms with van der Waals surface area (Å²) in [5.74, 6) is -0.145. The van der Waals surface area contributed by atoms with E-state index in [2.05, 4.69) is 36.2 Å². The van der Waals surface area contributed by atoms with Crippen LogP contribution in [0.2, 0.25) is 0 Å². The Morgan fingerprint density at radius 3 is 2.74 bits per heavy atom. The molecule has 5 nitrogen and oxygen atoms in total. The van der Waals surface area contributed by atoms with Gasteiger partial charge in [0.05, 0.1) is 17.2 Å². The first-order chi connectivity index (χ1) is 8.88. The molecule has 0 saturated carbocycles. The van der Waals surface area contributed by atoms with E-state index in [9.17, 15) is 4.79 Å². The lowest BCUT2D eigenvalue weighted by molar-refractivity contribution is 0.0945. The Balaban J connectivity index is 2.01. The van der Waals surface area contributed by atoms with Crippen molar-refractivity contribution in [3.8, 4) is 0 Å². The molecule has 0 aromatic carbocycles. The summed E-state index contributed by atoms with van der Waals surface area (Å²) in [7, 11) is 1.85. The smallest absolute Gasteiger partial charge is 0.271 e. The van der Waals surface area contributed by atoms with E-state index in [1.165, 1.54) is 11.3 Å². The fourth-order valence-electron chi connectivity index (χ4n) is 1.56. The SMILES string of the molecule is Cn1nccc1CNC(=O)c1csc(C(C)(C)C)n1. The Labute approximate surface area is 116 Å². The predicted molar refractivity (Wildman–Crippen MR) is 75.2 cm³/mol. The molecule has 2 aromatic rings. The Morgan fingerprint density at radius 1 is 1.47 bits per heavy atom. The van der Waals surface area contributed by atoms with Gasteiger partial charge in [-0.3, -0.25) is 9.48 Å². The minimum Gasteiger partial charge on any atom is -0.345 e. The number of carbonyl (C=O) groups is 1. The Hall–Kier alpha value is -1.69.